The van der Waals surface area contributed by atoms with Crippen LogP contribution < -0.4 is 3.61 Å². The molecule has 0 saturated carbocycles. The molecule has 0 bridgehead atoms. The molecule has 1 heterocycles. The molecule has 0 saturated heterocycles. The van der Waals surface area contributed by atoms with Crippen molar-refractivity contribution in [3.05, 3.63) is 122 Å². The van der Waals surface area contributed by atoms with Crippen LogP contribution in [0.5, 0.6) is 0 Å². The molecule has 4 aromatic carbocycles. The van der Waals surface area contributed by atoms with E-state index in [1.165, 1.54) is 14.4 Å². The Hall–Kier alpha value is -2.57. The molecule has 4 aromatic rings. The third kappa shape index (κ3) is 4.27. The first-order valence-corrected chi connectivity index (χ1v) is 12.8. The first kappa shape index (κ1) is 20.3. The van der Waals surface area contributed by atoms with Gasteiger partial charge in [-0.15, -0.1) is 0 Å². The van der Waals surface area contributed by atoms with Gasteiger partial charge in [-0.05, 0) is 0 Å². The number of cyclic esters (lactones) is 1. The van der Waals surface area contributed by atoms with Crippen molar-refractivity contribution in [2.75, 3.05) is 0 Å². The summed E-state index contributed by atoms with van der Waals surface area (Å²) >= 11 is 5.25. The second-order valence-electron chi connectivity index (χ2n) is 7.42. The van der Waals surface area contributed by atoms with E-state index in [0.29, 0.717) is 11.4 Å². The van der Waals surface area contributed by atoms with Gasteiger partial charge in [0.15, 0.2) is 0 Å². The van der Waals surface area contributed by atoms with Crippen molar-refractivity contribution in [1.82, 2.24) is 0 Å². The first-order chi connectivity index (χ1) is 15.2. The number of ether oxygens (including phenoxy) is 1. The van der Waals surface area contributed by atoms with Gasteiger partial charge in [-0.25, -0.2) is 0 Å². The van der Waals surface area contributed by atoms with Gasteiger partial charge in [0.1, 0.15) is 0 Å². The monoisotopic (exact) mass is 540 g/mol. The van der Waals surface area contributed by atoms with E-state index in [1.807, 2.05) is 42.5 Å². The fourth-order valence-corrected chi connectivity index (χ4v) is 7.52. The van der Waals surface area contributed by atoms with Crippen molar-refractivity contribution >= 4 is 52.9 Å². The molecule has 4 heteroatoms. The maximum atomic E-state index is 13.0. The van der Waals surface area contributed by atoms with Crippen LogP contribution in [0.1, 0.15) is 17.2 Å². The number of hydrogen-bond donors (Lipinski definition) is 0. The van der Waals surface area contributed by atoms with Crippen LogP contribution in [0.3, 0.4) is 0 Å². The Bertz CT molecular complexity index is 1270. The summed E-state index contributed by atoms with van der Waals surface area (Å²) in [5.41, 5.74) is 2.90. The molecule has 1 aliphatic rings. The molecular weight excluding hydrogens is 519 g/mol. The molecule has 2 nitrogen and oxygen atoms in total. The van der Waals surface area contributed by atoms with Crippen LogP contribution in [0.4, 0.5) is 0 Å². The van der Waals surface area contributed by atoms with Crippen molar-refractivity contribution in [2.45, 2.75) is 12.5 Å². The number of halogens is 1. The summed E-state index contributed by atoms with van der Waals surface area (Å²) in [7, 11) is 0. The van der Waals surface area contributed by atoms with Crippen LogP contribution in [-0.2, 0) is 16.0 Å². The number of rotatable bonds is 5. The van der Waals surface area contributed by atoms with Crippen molar-refractivity contribution < 1.29 is 9.53 Å². The van der Waals surface area contributed by atoms with Crippen molar-refractivity contribution in [2.24, 2.45) is 0 Å². The number of esters is 1. The molecule has 0 radical (unpaired) electrons. The zero-order valence-corrected chi connectivity index (χ0v) is 19.7. The van der Waals surface area contributed by atoms with E-state index < -0.39 is 20.9 Å². The van der Waals surface area contributed by atoms with E-state index in [9.17, 15) is 4.79 Å². The predicted molar refractivity (Wildman–Crippen MR) is 127 cm³/mol. The molecular formula is C27H19ClO2Te. The standard InChI is InChI=1S/C27H19ClO2Te/c28-21-15-13-20(14-16-21)25-26(23(27(29)30-25)17-18-7-2-1-3-8-18)31-24-12-6-10-19-9-4-5-11-22(19)24/h1-16,25H,17H2. The topological polar surface area (TPSA) is 26.3 Å². The van der Waals surface area contributed by atoms with Gasteiger partial charge >= 0.3 is 197 Å². The second-order valence-corrected chi connectivity index (χ2v) is 11.0. The van der Waals surface area contributed by atoms with Crippen LogP contribution in [0.15, 0.2) is 106 Å². The number of carbonyl (C=O) groups is 1. The van der Waals surface area contributed by atoms with E-state index >= 15 is 0 Å². The Morgan fingerprint density at radius 2 is 1.52 bits per heavy atom. The van der Waals surface area contributed by atoms with Crippen molar-refractivity contribution in [3.8, 4) is 0 Å². The molecule has 1 unspecified atom stereocenters. The summed E-state index contributed by atoms with van der Waals surface area (Å²) in [4.78, 5) is 13.0. The SMILES string of the molecule is O=C1OC(c2ccc(Cl)cc2)C([Te]c2cccc3ccccc23)=C1Cc1ccccc1. The minimum atomic E-state index is -0.849. The summed E-state index contributed by atoms with van der Waals surface area (Å²) in [6, 6.07) is 32.6. The van der Waals surface area contributed by atoms with Gasteiger partial charge in [-0.3, -0.25) is 0 Å². The number of benzene rings is 4. The number of fused-ring (bicyclic) bond motifs is 1. The molecule has 0 aromatic heterocycles. The van der Waals surface area contributed by atoms with Crippen LogP contribution >= 0.6 is 11.6 Å². The molecule has 0 spiro atoms. The quantitative estimate of drug-likeness (QED) is 0.244. The van der Waals surface area contributed by atoms with E-state index in [-0.39, 0.29) is 12.1 Å². The number of carbonyl (C=O) groups excluding carboxylic acids is 1. The third-order valence-electron chi connectivity index (χ3n) is 5.37. The van der Waals surface area contributed by atoms with Gasteiger partial charge < -0.3 is 0 Å². The summed E-state index contributed by atoms with van der Waals surface area (Å²) in [6.45, 7) is 0. The second kappa shape index (κ2) is 8.89. The number of hydrogen-bond acceptors (Lipinski definition) is 2. The zero-order valence-electron chi connectivity index (χ0n) is 16.6. The molecule has 152 valence electrons. The Labute approximate surface area is 196 Å². The molecule has 1 aliphatic heterocycles. The Morgan fingerprint density at radius 1 is 0.806 bits per heavy atom. The van der Waals surface area contributed by atoms with Gasteiger partial charge in [0.25, 0.3) is 0 Å². The van der Waals surface area contributed by atoms with Gasteiger partial charge in [0, 0.05) is 0 Å². The van der Waals surface area contributed by atoms with Gasteiger partial charge in [-0.1, -0.05) is 0 Å². The molecule has 0 fully saturated rings. The van der Waals surface area contributed by atoms with Gasteiger partial charge in [0.05, 0.1) is 0 Å². The Morgan fingerprint density at radius 3 is 2.32 bits per heavy atom. The summed E-state index contributed by atoms with van der Waals surface area (Å²) < 4.78 is 8.42. The van der Waals surface area contributed by atoms with Gasteiger partial charge in [-0.2, -0.15) is 0 Å². The fourth-order valence-electron chi connectivity index (χ4n) is 3.83. The maximum absolute atomic E-state index is 13.0. The molecule has 0 N–H and O–H groups in total. The Kier molecular flexibility index (Phi) is 5.83. The molecule has 5 rings (SSSR count). The Balaban J connectivity index is 1.61. The van der Waals surface area contributed by atoms with Gasteiger partial charge in [0.2, 0.25) is 0 Å². The van der Waals surface area contributed by atoms with E-state index in [4.69, 9.17) is 16.3 Å². The van der Waals surface area contributed by atoms with E-state index in [0.717, 1.165) is 20.3 Å². The molecule has 31 heavy (non-hydrogen) atoms. The van der Waals surface area contributed by atoms with Crippen LogP contribution in [-0.4, -0.2) is 26.9 Å². The molecule has 0 amide bonds. The average Bonchev–Trinajstić information content (AvgIpc) is 3.10. The summed E-state index contributed by atoms with van der Waals surface area (Å²) in [5, 5.41) is 3.16. The average molecular weight is 539 g/mol. The van der Waals surface area contributed by atoms with E-state index in [2.05, 4.69) is 54.6 Å². The predicted octanol–water partition coefficient (Wildman–Crippen LogP) is 5.62. The van der Waals surface area contributed by atoms with Crippen LogP contribution in [0.2, 0.25) is 5.02 Å². The molecule has 1 atom stereocenters. The first-order valence-electron chi connectivity index (χ1n) is 10.1. The van der Waals surface area contributed by atoms with Crippen molar-refractivity contribution in [3.63, 3.8) is 0 Å². The van der Waals surface area contributed by atoms with Crippen LogP contribution in [0, 0.1) is 0 Å². The minimum absolute atomic E-state index is 0.205. The van der Waals surface area contributed by atoms with Crippen molar-refractivity contribution in [1.29, 1.82) is 0 Å². The summed E-state index contributed by atoms with van der Waals surface area (Å²) in [5.74, 6) is -0.205. The third-order valence-corrected chi connectivity index (χ3v) is 9.21. The normalized spacial score (nSPS) is 16.0. The molecule has 0 aliphatic carbocycles. The fraction of sp³-hybridized carbons (Fsp3) is 0.0741. The van der Waals surface area contributed by atoms with E-state index in [1.54, 1.807) is 0 Å². The van der Waals surface area contributed by atoms with Crippen LogP contribution in [0.25, 0.3) is 10.8 Å². The zero-order chi connectivity index (χ0) is 21.2. The summed E-state index contributed by atoms with van der Waals surface area (Å²) in [6.07, 6.45) is 0.249.